The third-order valence-corrected chi connectivity index (χ3v) is 10.5. The van der Waals surface area contributed by atoms with Crippen LogP contribution in [0.3, 0.4) is 0 Å². The van der Waals surface area contributed by atoms with Gasteiger partial charge in [-0.25, -0.2) is 0 Å². The van der Waals surface area contributed by atoms with Gasteiger partial charge in [-0.15, -0.1) is 54.1 Å². The summed E-state index contributed by atoms with van der Waals surface area (Å²) in [4.78, 5) is 9.51. The van der Waals surface area contributed by atoms with Crippen LogP contribution in [0.2, 0.25) is 0 Å². The Balaban J connectivity index is 0.000000300. The van der Waals surface area contributed by atoms with Crippen LogP contribution in [0.1, 0.15) is 50.7 Å². The maximum atomic E-state index is 6.79. The fourth-order valence-corrected chi connectivity index (χ4v) is 7.75. The van der Waals surface area contributed by atoms with E-state index in [1.807, 2.05) is 48.5 Å². The number of rotatable bonds is 6. The SMILES string of the molecule is CC(C)c1cc(-c2ccccc2)cc(C(C)C)c1-n1c(-c2[c-]ccc3c2oc2c4ccccc4ccc32)nc2ccccc21.[Ir].[c-]1ccccc1-c1ccccn1. The molecule has 10 rings (SSSR count). The Kier molecular flexibility index (Phi) is 10.7. The van der Waals surface area contributed by atoms with Crippen molar-refractivity contribution in [2.45, 2.75) is 39.5 Å². The quantitative estimate of drug-likeness (QED) is 0.156. The van der Waals surface area contributed by atoms with Gasteiger partial charge >= 0.3 is 0 Å². The summed E-state index contributed by atoms with van der Waals surface area (Å²) >= 11 is 0. The molecule has 4 nitrogen and oxygen atoms in total. The number of imidazole rings is 1. The van der Waals surface area contributed by atoms with E-state index >= 15 is 0 Å². The Bertz CT molecular complexity index is 2900. The second kappa shape index (κ2) is 16.2. The Hall–Kier alpha value is -6.13. The summed E-state index contributed by atoms with van der Waals surface area (Å²) in [5, 5.41) is 4.46. The number of para-hydroxylation sites is 2. The Morgan fingerprint density at radius 1 is 0.579 bits per heavy atom. The van der Waals surface area contributed by atoms with Crippen molar-refractivity contribution in [2.24, 2.45) is 0 Å². The standard InChI is InChI=1S/C41H33N2O.C11H8N.Ir/c1-25(2)34-23-29(27-13-6-5-7-14-27)24-35(26(3)4)38(34)43-37-20-11-10-19-36(37)42-41(43)33-18-12-17-31-32-22-21-28-15-8-9-16-30(28)39(32)44-40(31)33;1-2-6-10(7-3-1)11-8-4-5-9-12-11;/h5-17,19-26H,1-4H3;1-6,8-9H;/q2*-1;. The van der Waals surface area contributed by atoms with Crippen molar-refractivity contribution >= 4 is 43.7 Å². The molecule has 0 unspecified atom stereocenters. The van der Waals surface area contributed by atoms with E-state index in [9.17, 15) is 0 Å². The zero-order valence-electron chi connectivity index (χ0n) is 32.3. The second-order valence-corrected chi connectivity index (χ2v) is 14.8. The van der Waals surface area contributed by atoms with Crippen LogP contribution in [0, 0.1) is 12.1 Å². The predicted molar refractivity (Wildman–Crippen MR) is 232 cm³/mol. The normalized spacial score (nSPS) is 11.3. The maximum absolute atomic E-state index is 6.79. The Labute approximate surface area is 347 Å². The molecule has 0 bridgehead atoms. The first-order valence-corrected chi connectivity index (χ1v) is 19.3. The van der Waals surface area contributed by atoms with Crippen molar-refractivity contribution in [3.05, 3.63) is 187 Å². The summed E-state index contributed by atoms with van der Waals surface area (Å²) < 4.78 is 9.15. The second-order valence-electron chi connectivity index (χ2n) is 14.8. The molecule has 0 aliphatic carbocycles. The van der Waals surface area contributed by atoms with E-state index < -0.39 is 0 Å². The minimum atomic E-state index is 0. The van der Waals surface area contributed by atoms with Gasteiger partial charge in [0.15, 0.2) is 0 Å². The van der Waals surface area contributed by atoms with Crippen molar-refractivity contribution in [1.29, 1.82) is 0 Å². The summed E-state index contributed by atoms with van der Waals surface area (Å²) in [6.45, 7) is 9.14. The molecule has 7 aromatic carbocycles. The minimum Gasteiger partial charge on any atom is -0.500 e. The molecule has 0 aliphatic rings. The van der Waals surface area contributed by atoms with Gasteiger partial charge in [-0.2, -0.15) is 0 Å². The van der Waals surface area contributed by atoms with Crippen molar-refractivity contribution in [3.8, 4) is 39.5 Å². The van der Waals surface area contributed by atoms with Crippen LogP contribution >= 0.6 is 0 Å². The van der Waals surface area contributed by atoms with Gasteiger partial charge in [0, 0.05) is 42.8 Å². The molecule has 1 radical (unpaired) electrons. The van der Waals surface area contributed by atoms with Gasteiger partial charge in [0.25, 0.3) is 0 Å². The predicted octanol–water partition coefficient (Wildman–Crippen LogP) is 14.0. The first-order valence-electron chi connectivity index (χ1n) is 19.3. The van der Waals surface area contributed by atoms with Crippen molar-refractivity contribution in [2.75, 3.05) is 0 Å². The third-order valence-electron chi connectivity index (χ3n) is 10.5. The smallest absolute Gasteiger partial charge is 0.128 e. The van der Waals surface area contributed by atoms with Gasteiger partial charge in [-0.05, 0) is 75.5 Å². The van der Waals surface area contributed by atoms with Crippen LogP contribution in [-0.2, 0) is 20.1 Å². The molecule has 0 fully saturated rings. The largest absolute Gasteiger partial charge is 0.500 e. The first-order chi connectivity index (χ1) is 27.5. The third kappa shape index (κ3) is 7.10. The number of hydrogen-bond acceptors (Lipinski definition) is 3. The number of aromatic nitrogens is 3. The average molecular weight is 916 g/mol. The summed E-state index contributed by atoms with van der Waals surface area (Å²) in [5.74, 6) is 1.42. The van der Waals surface area contributed by atoms with E-state index in [0.717, 1.165) is 61.0 Å². The van der Waals surface area contributed by atoms with Crippen LogP contribution in [0.5, 0.6) is 0 Å². The van der Waals surface area contributed by atoms with Crippen LogP contribution in [0.4, 0.5) is 0 Å². The summed E-state index contributed by atoms with van der Waals surface area (Å²) in [7, 11) is 0. The average Bonchev–Trinajstić information content (AvgIpc) is 3.83. The number of hydrogen-bond donors (Lipinski definition) is 0. The van der Waals surface area contributed by atoms with Crippen molar-refractivity contribution in [1.82, 2.24) is 14.5 Å². The maximum Gasteiger partial charge on any atom is 0.128 e. The van der Waals surface area contributed by atoms with E-state index in [-0.39, 0.29) is 31.9 Å². The molecule has 3 heterocycles. The van der Waals surface area contributed by atoms with Gasteiger partial charge in [-0.3, -0.25) is 4.98 Å². The molecule has 0 atom stereocenters. The molecule has 57 heavy (non-hydrogen) atoms. The van der Waals surface area contributed by atoms with Crippen molar-refractivity contribution < 1.29 is 24.5 Å². The monoisotopic (exact) mass is 916 g/mol. The Morgan fingerprint density at radius 3 is 2.02 bits per heavy atom. The van der Waals surface area contributed by atoms with E-state index in [4.69, 9.17) is 9.40 Å². The van der Waals surface area contributed by atoms with Gasteiger partial charge in [0.1, 0.15) is 5.58 Å². The zero-order chi connectivity index (χ0) is 38.2. The molecule has 0 spiro atoms. The number of furan rings is 1. The minimum absolute atomic E-state index is 0. The molecule has 281 valence electrons. The summed E-state index contributed by atoms with van der Waals surface area (Å²) in [5.41, 5.74) is 12.9. The first kappa shape index (κ1) is 37.8. The molecule has 3 aromatic heterocycles. The molecule has 5 heteroatoms. The molecule has 0 saturated carbocycles. The van der Waals surface area contributed by atoms with Crippen LogP contribution in [0.15, 0.2) is 168 Å². The topological polar surface area (TPSA) is 43.9 Å². The van der Waals surface area contributed by atoms with E-state index in [1.54, 1.807) is 6.20 Å². The fraction of sp³-hybridized carbons (Fsp3) is 0.115. The molecule has 0 saturated heterocycles. The number of fused-ring (bicyclic) bond motifs is 6. The number of pyridine rings is 1. The van der Waals surface area contributed by atoms with Crippen LogP contribution < -0.4 is 0 Å². The van der Waals surface area contributed by atoms with E-state index in [1.165, 1.54) is 33.3 Å². The summed E-state index contributed by atoms with van der Waals surface area (Å²) in [6, 6.07) is 61.1. The molecule has 0 amide bonds. The van der Waals surface area contributed by atoms with Crippen molar-refractivity contribution in [3.63, 3.8) is 0 Å². The number of benzene rings is 7. The van der Waals surface area contributed by atoms with Gasteiger partial charge < -0.3 is 14.0 Å². The molecule has 0 N–H and O–H groups in total. The zero-order valence-corrected chi connectivity index (χ0v) is 34.7. The molecule has 10 aromatic rings. The van der Waals surface area contributed by atoms with Gasteiger partial charge in [-0.1, -0.05) is 130 Å². The van der Waals surface area contributed by atoms with Gasteiger partial charge in [0.2, 0.25) is 0 Å². The van der Waals surface area contributed by atoms with E-state index in [0.29, 0.717) is 0 Å². The molecular weight excluding hydrogens is 875 g/mol. The van der Waals surface area contributed by atoms with Crippen LogP contribution in [-0.4, -0.2) is 14.5 Å². The van der Waals surface area contributed by atoms with Gasteiger partial charge in [0.05, 0.1) is 22.4 Å². The Morgan fingerprint density at radius 2 is 1.28 bits per heavy atom. The fourth-order valence-electron chi connectivity index (χ4n) is 7.75. The van der Waals surface area contributed by atoms with Crippen LogP contribution in [0.25, 0.3) is 83.2 Å². The number of nitrogens with zero attached hydrogens (tertiary/aromatic N) is 3. The van der Waals surface area contributed by atoms with E-state index in [2.05, 4.69) is 159 Å². The summed E-state index contributed by atoms with van der Waals surface area (Å²) in [6.07, 6.45) is 1.79. The molecule has 0 aliphatic heterocycles. The molecular formula is C52H41IrN3O-2.